The maximum Gasteiger partial charge on any atom is 0.326 e. The van der Waals surface area contributed by atoms with Crippen LogP contribution < -0.4 is 10.6 Å². The van der Waals surface area contributed by atoms with Crippen LogP contribution in [-0.4, -0.2) is 33.1 Å². The fraction of sp³-hybridized carbons (Fsp3) is 0.583. The maximum absolute atomic E-state index is 11.8. The van der Waals surface area contributed by atoms with E-state index in [1.807, 2.05) is 6.92 Å². The van der Waals surface area contributed by atoms with Gasteiger partial charge in [0.15, 0.2) is 0 Å². The number of amides is 2. The van der Waals surface area contributed by atoms with Gasteiger partial charge in [0.1, 0.15) is 11.9 Å². The predicted octanol–water partition coefficient (Wildman–Crippen LogP) is 1.27. The number of nitrogens with zero attached hydrogens (tertiary/aromatic N) is 1. The summed E-state index contributed by atoms with van der Waals surface area (Å²) in [6, 6.07) is -1.69. The number of rotatable bonds is 6. The first-order chi connectivity index (χ1) is 8.95. The molecule has 0 aliphatic heterocycles. The molecule has 0 aliphatic rings. The molecule has 7 nitrogen and oxygen atoms in total. The molecule has 0 saturated carbocycles. The van der Waals surface area contributed by atoms with Gasteiger partial charge in [0.2, 0.25) is 0 Å². The summed E-state index contributed by atoms with van der Waals surface area (Å²) in [6.07, 6.45) is 3.93. The molecule has 0 aliphatic carbocycles. The van der Waals surface area contributed by atoms with Gasteiger partial charge in [-0.3, -0.25) is 0 Å². The minimum absolute atomic E-state index is 0.188. The van der Waals surface area contributed by atoms with E-state index < -0.39 is 18.0 Å². The molecule has 0 fully saturated rings. The lowest BCUT2D eigenvalue weighted by molar-refractivity contribution is -0.140. The quantitative estimate of drug-likeness (QED) is 0.623. The topological polar surface area (TPSA) is 107 Å². The fourth-order valence-corrected chi connectivity index (χ4v) is 1.69. The molecule has 4 N–H and O–H groups in total. The first-order valence-corrected chi connectivity index (χ1v) is 6.24. The van der Waals surface area contributed by atoms with Gasteiger partial charge in [-0.2, -0.15) is 0 Å². The van der Waals surface area contributed by atoms with Crippen molar-refractivity contribution in [2.45, 2.75) is 39.3 Å². The summed E-state index contributed by atoms with van der Waals surface area (Å²) in [7, 11) is 0. The van der Waals surface area contributed by atoms with Crippen molar-refractivity contribution in [3.63, 3.8) is 0 Å². The molecule has 2 atom stereocenters. The number of carboxylic acids is 1. The number of H-pyrrole nitrogens is 1. The molecule has 1 aromatic rings. The van der Waals surface area contributed by atoms with Gasteiger partial charge in [-0.05, 0) is 12.3 Å². The number of carbonyl (C=O) groups excluding carboxylic acids is 1. The molecule has 0 bridgehead atoms. The van der Waals surface area contributed by atoms with Crippen molar-refractivity contribution in [2.75, 3.05) is 0 Å². The molecule has 0 saturated heterocycles. The SMILES string of the molecule is CCC(NC(=O)NC(C(=O)O)C(C)C)c1ncc[nH]1. The fourth-order valence-electron chi connectivity index (χ4n) is 1.69. The molecule has 7 heteroatoms. The Morgan fingerprint density at radius 2 is 2.11 bits per heavy atom. The van der Waals surface area contributed by atoms with E-state index in [1.165, 1.54) is 0 Å². The van der Waals surface area contributed by atoms with Crippen molar-refractivity contribution in [3.05, 3.63) is 18.2 Å². The van der Waals surface area contributed by atoms with E-state index >= 15 is 0 Å². The lowest BCUT2D eigenvalue weighted by Gasteiger charge is -2.21. The van der Waals surface area contributed by atoms with Gasteiger partial charge >= 0.3 is 12.0 Å². The second kappa shape index (κ2) is 6.77. The number of carbonyl (C=O) groups is 2. The first kappa shape index (κ1) is 15.0. The molecule has 19 heavy (non-hydrogen) atoms. The van der Waals surface area contributed by atoms with Crippen LogP contribution >= 0.6 is 0 Å². The summed E-state index contributed by atoms with van der Waals surface area (Å²) in [5, 5.41) is 14.2. The second-order valence-corrected chi connectivity index (χ2v) is 4.61. The van der Waals surface area contributed by atoms with Crippen LogP contribution in [0.25, 0.3) is 0 Å². The van der Waals surface area contributed by atoms with Crippen molar-refractivity contribution in [2.24, 2.45) is 5.92 Å². The first-order valence-electron chi connectivity index (χ1n) is 6.24. The van der Waals surface area contributed by atoms with E-state index in [-0.39, 0.29) is 12.0 Å². The number of aromatic nitrogens is 2. The third-order valence-corrected chi connectivity index (χ3v) is 2.78. The number of urea groups is 1. The Morgan fingerprint density at radius 3 is 2.53 bits per heavy atom. The van der Waals surface area contributed by atoms with Gasteiger partial charge in [-0.15, -0.1) is 0 Å². The Hall–Kier alpha value is -2.05. The zero-order valence-corrected chi connectivity index (χ0v) is 11.3. The van der Waals surface area contributed by atoms with E-state index in [1.54, 1.807) is 26.2 Å². The van der Waals surface area contributed by atoms with Crippen LogP contribution in [0.4, 0.5) is 4.79 Å². The monoisotopic (exact) mass is 268 g/mol. The molecule has 0 spiro atoms. The number of aliphatic carboxylic acids is 1. The number of imidazole rings is 1. The third-order valence-electron chi connectivity index (χ3n) is 2.78. The minimum Gasteiger partial charge on any atom is -0.480 e. The van der Waals surface area contributed by atoms with Gasteiger partial charge in [0.05, 0.1) is 6.04 Å². The van der Waals surface area contributed by atoms with Crippen LogP contribution in [0.1, 0.15) is 39.1 Å². The van der Waals surface area contributed by atoms with Gasteiger partial charge in [0, 0.05) is 12.4 Å². The molecule has 0 radical (unpaired) electrons. The number of nitrogens with one attached hydrogen (secondary N) is 3. The van der Waals surface area contributed by atoms with E-state index in [9.17, 15) is 9.59 Å². The highest BCUT2D eigenvalue weighted by molar-refractivity contribution is 5.82. The minimum atomic E-state index is -1.05. The standard InChI is InChI=1S/C12H20N4O3/c1-4-8(10-13-5-6-14-10)15-12(19)16-9(7(2)3)11(17)18/h5-9H,4H2,1-3H3,(H,13,14)(H,17,18)(H2,15,16,19). The number of hydrogen-bond acceptors (Lipinski definition) is 3. The maximum atomic E-state index is 11.8. The Bertz CT molecular complexity index is 417. The lowest BCUT2D eigenvalue weighted by Crippen LogP contribution is -2.49. The molecule has 2 amide bonds. The zero-order chi connectivity index (χ0) is 14.4. The van der Waals surface area contributed by atoms with Crippen LogP contribution in [-0.2, 0) is 4.79 Å². The number of hydrogen-bond donors (Lipinski definition) is 4. The summed E-state index contributed by atoms with van der Waals surface area (Å²) < 4.78 is 0. The van der Waals surface area contributed by atoms with E-state index in [0.29, 0.717) is 12.2 Å². The highest BCUT2D eigenvalue weighted by Crippen LogP contribution is 2.11. The molecule has 106 valence electrons. The molecule has 1 heterocycles. The van der Waals surface area contributed by atoms with E-state index in [2.05, 4.69) is 20.6 Å². The number of aromatic amines is 1. The Balaban J connectivity index is 2.61. The highest BCUT2D eigenvalue weighted by atomic mass is 16.4. The van der Waals surface area contributed by atoms with Crippen LogP contribution in [0.3, 0.4) is 0 Å². The molecule has 1 aromatic heterocycles. The summed E-state index contributed by atoms with van der Waals surface area (Å²) in [5.41, 5.74) is 0. The Kier molecular flexibility index (Phi) is 5.35. The van der Waals surface area contributed by atoms with Crippen molar-refractivity contribution in [1.82, 2.24) is 20.6 Å². The van der Waals surface area contributed by atoms with Crippen molar-refractivity contribution >= 4 is 12.0 Å². The Labute approximate surface area is 111 Å². The third kappa shape index (κ3) is 4.27. The predicted molar refractivity (Wildman–Crippen MR) is 69.5 cm³/mol. The average Bonchev–Trinajstić information content (AvgIpc) is 2.85. The number of carboxylic acid groups (broad SMARTS) is 1. The Morgan fingerprint density at radius 1 is 1.42 bits per heavy atom. The smallest absolute Gasteiger partial charge is 0.326 e. The summed E-state index contributed by atoms with van der Waals surface area (Å²) in [4.78, 5) is 29.8. The second-order valence-electron chi connectivity index (χ2n) is 4.61. The zero-order valence-electron chi connectivity index (χ0n) is 11.3. The lowest BCUT2D eigenvalue weighted by atomic mass is 10.1. The molecular formula is C12H20N4O3. The normalized spacial score (nSPS) is 13.9. The average molecular weight is 268 g/mol. The largest absolute Gasteiger partial charge is 0.480 e. The molecular weight excluding hydrogens is 248 g/mol. The highest BCUT2D eigenvalue weighted by Gasteiger charge is 2.24. The van der Waals surface area contributed by atoms with Gasteiger partial charge in [-0.25, -0.2) is 14.6 Å². The van der Waals surface area contributed by atoms with Crippen molar-refractivity contribution in [1.29, 1.82) is 0 Å². The van der Waals surface area contributed by atoms with Crippen molar-refractivity contribution < 1.29 is 14.7 Å². The van der Waals surface area contributed by atoms with Crippen LogP contribution in [0, 0.1) is 5.92 Å². The molecule has 1 rings (SSSR count). The molecule has 2 unspecified atom stereocenters. The summed E-state index contributed by atoms with van der Waals surface area (Å²) in [6.45, 7) is 5.39. The summed E-state index contributed by atoms with van der Waals surface area (Å²) in [5.74, 6) is -0.586. The van der Waals surface area contributed by atoms with Crippen LogP contribution in [0.15, 0.2) is 12.4 Å². The van der Waals surface area contributed by atoms with Gasteiger partial charge in [0.25, 0.3) is 0 Å². The van der Waals surface area contributed by atoms with Gasteiger partial charge < -0.3 is 20.7 Å². The van der Waals surface area contributed by atoms with E-state index in [4.69, 9.17) is 5.11 Å². The van der Waals surface area contributed by atoms with Crippen LogP contribution in [0.5, 0.6) is 0 Å². The molecule has 0 aromatic carbocycles. The van der Waals surface area contributed by atoms with Gasteiger partial charge in [-0.1, -0.05) is 20.8 Å². The van der Waals surface area contributed by atoms with Crippen molar-refractivity contribution in [3.8, 4) is 0 Å². The van der Waals surface area contributed by atoms with E-state index in [0.717, 1.165) is 0 Å². The summed E-state index contributed by atoms with van der Waals surface area (Å²) >= 11 is 0. The van der Waals surface area contributed by atoms with Crippen LogP contribution in [0.2, 0.25) is 0 Å².